The molecule has 2 nitrogen and oxygen atoms in total. The van der Waals surface area contributed by atoms with E-state index in [0.29, 0.717) is 6.04 Å². The normalized spacial score (nSPS) is 20.9. The van der Waals surface area contributed by atoms with Crippen LogP contribution in [0, 0.1) is 6.20 Å². The summed E-state index contributed by atoms with van der Waals surface area (Å²) in [6, 6.07) is 8.77. The minimum atomic E-state index is 0.408. The lowest BCUT2D eigenvalue weighted by Gasteiger charge is -2.18. The SMILES string of the molecule is [c]1[nH]c2ccccc2c1C1CC=CCN1. The Morgan fingerprint density at radius 2 is 2.13 bits per heavy atom. The third-order valence-corrected chi connectivity index (χ3v) is 2.92. The maximum atomic E-state index is 3.48. The average molecular weight is 197 g/mol. The van der Waals surface area contributed by atoms with Crippen LogP contribution in [0.4, 0.5) is 0 Å². The summed E-state index contributed by atoms with van der Waals surface area (Å²) in [5, 5.41) is 4.76. The number of hydrogen-bond donors (Lipinski definition) is 2. The quantitative estimate of drug-likeness (QED) is 0.676. The van der Waals surface area contributed by atoms with Gasteiger partial charge in [0.25, 0.3) is 0 Å². The molecule has 1 radical (unpaired) electrons. The third kappa shape index (κ3) is 1.47. The molecule has 1 aliphatic heterocycles. The van der Waals surface area contributed by atoms with Crippen molar-refractivity contribution in [1.82, 2.24) is 10.3 Å². The minimum absolute atomic E-state index is 0.408. The van der Waals surface area contributed by atoms with Crippen molar-refractivity contribution in [3.05, 3.63) is 48.2 Å². The molecular formula is C13H13N2. The molecule has 2 heteroatoms. The van der Waals surface area contributed by atoms with Gasteiger partial charge in [-0.3, -0.25) is 0 Å². The molecule has 1 unspecified atom stereocenters. The number of rotatable bonds is 1. The molecule has 2 aromatic rings. The van der Waals surface area contributed by atoms with Gasteiger partial charge in [-0.15, -0.1) is 0 Å². The first-order valence-corrected chi connectivity index (χ1v) is 5.32. The Kier molecular flexibility index (Phi) is 2.07. The first-order chi connectivity index (χ1) is 7.45. The molecule has 0 bridgehead atoms. The summed E-state index contributed by atoms with van der Waals surface area (Å²) in [6.07, 6.45) is 8.72. The minimum Gasteiger partial charge on any atom is -0.353 e. The van der Waals surface area contributed by atoms with Crippen LogP contribution in [0.15, 0.2) is 36.4 Å². The highest BCUT2D eigenvalue weighted by molar-refractivity contribution is 5.83. The molecule has 0 amide bonds. The lowest BCUT2D eigenvalue weighted by molar-refractivity contribution is 0.557. The van der Waals surface area contributed by atoms with Crippen LogP contribution in [-0.2, 0) is 0 Å². The maximum Gasteiger partial charge on any atom is 0.0682 e. The highest BCUT2D eigenvalue weighted by Gasteiger charge is 2.15. The molecule has 1 aromatic heterocycles. The van der Waals surface area contributed by atoms with Crippen LogP contribution in [0.3, 0.4) is 0 Å². The van der Waals surface area contributed by atoms with Gasteiger partial charge in [0.05, 0.1) is 6.20 Å². The Morgan fingerprint density at radius 1 is 1.20 bits per heavy atom. The Bertz CT molecular complexity index is 496. The first-order valence-electron chi connectivity index (χ1n) is 5.32. The van der Waals surface area contributed by atoms with Crippen molar-refractivity contribution in [3.63, 3.8) is 0 Å². The van der Waals surface area contributed by atoms with Crippen molar-refractivity contribution in [1.29, 1.82) is 0 Å². The molecule has 0 aliphatic carbocycles. The van der Waals surface area contributed by atoms with Crippen LogP contribution >= 0.6 is 0 Å². The maximum absolute atomic E-state index is 3.48. The van der Waals surface area contributed by atoms with Crippen LogP contribution in [0.1, 0.15) is 18.0 Å². The molecule has 1 aromatic carbocycles. The van der Waals surface area contributed by atoms with Gasteiger partial charge in [-0.2, -0.15) is 0 Å². The third-order valence-electron chi connectivity index (χ3n) is 2.92. The zero-order valence-corrected chi connectivity index (χ0v) is 8.46. The van der Waals surface area contributed by atoms with Gasteiger partial charge in [0.2, 0.25) is 0 Å². The number of fused-ring (bicyclic) bond motifs is 1. The van der Waals surface area contributed by atoms with E-state index in [0.717, 1.165) is 13.0 Å². The molecule has 1 aliphatic rings. The zero-order chi connectivity index (χ0) is 10.1. The van der Waals surface area contributed by atoms with Gasteiger partial charge in [-0.1, -0.05) is 30.4 Å². The van der Waals surface area contributed by atoms with Gasteiger partial charge in [0, 0.05) is 29.1 Å². The number of aromatic amines is 1. The van der Waals surface area contributed by atoms with Gasteiger partial charge in [0.1, 0.15) is 0 Å². The fourth-order valence-corrected chi connectivity index (χ4v) is 2.13. The predicted octanol–water partition coefficient (Wildman–Crippen LogP) is 2.56. The molecule has 0 saturated heterocycles. The first kappa shape index (κ1) is 8.74. The Morgan fingerprint density at radius 3 is 3.00 bits per heavy atom. The summed E-state index contributed by atoms with van der Waals surface area (Å²) >= 11 is 0. The lowest BCUT2D eigenvalue weighted by atomic mass is 10.0. The number of H-pyrrole nitrogens is 1. The molecule has 2 heterocycles. The predicted molar refractivity (Wildman–Crippen MR) is 61.6 cm³/mol. The monoisotopic (exact) mass is 197 g/mol. The van der Waals surface area contributed by atoms with E-state index < -0.39 is 0 Å². The lowest BCUT2D eigenvalue weighted by Crippen LogP contribution is -2.23. The Hall–Kier alpha value is -1.54. The second-order valence-electron chi connectivity index (χ2n) is 3.88. The van der Waals surface area contributed by atoms with E-state index in [1.54, 1.807) is 0 Å². The summed E-state index contributed by atoms with van der Waals surface area (Å²) in [6.45, 7) is 0.956. The van der Waals surface area contributed by atoms with E-state index in [-0.39, 0.29) is 0 Å². The second-order valence-corrected chi connectivity index (χ2v) is 3.88. The molecular weight excluding hydrogens is 184 g/mol. The summed E-state index contributed by atoms with van der Waals surface area (Å²) in [4.78, 5) is 3.20. The molecule has 0 fully saturated rings. The molecule has 75 valence electrons. The van der Waals surface area contributed by atoms with E-state index in [2.05, 4.69) is 46.8 Å². The van der Waals surface area contributed by atoms with Crippen molar-refractivity contribution in [3.8, 4) is 0 Å². The molecule has 0 spiro atoms. The highest BCUT2D eigenvalue weighted by Crippen LogP contribution is 2.26. The fraction of sp³-hybridized carbons (Fsp3) is 0.231. The fourth-order valence-electron chi connectivity index (χ4n) is 2.13. The van der Waals surface area contributed by atoms with Crippen molar-refractivity contribution in [2.75, 3.05) is 6.54 Å². The second kappa shape index (κ2) is 3.55. The standard InChI is InChI=1S/C13H13N2/c1-2-6-12-10(5-1)11(9-15-12)13-7-3-4-8-14-13/h1-6,13-15H,7-8H2. The van der Waals surface area contributed by atoms with E-state index >= 15 is 0 Å². The van der Waals surface area contributed by atoms with Crippen LogP contribution in [0.2, 0.25) is 0 Å². The van der Waals surface area contributed by atoms with Gasteiger partial charge in [-0.05, 0) is 12.5 Å². The molecule has 1 atom stereocenters. The Labute approximate surface area is 89.0 Å². The number of aromatic nitrogens is 1. The van der Waals surface area contributed by atoms with E-state index in [4.69, 9.17) is 0 Å². The number of para-hydroxylation sites is 1. The summed E-state index contributed by atoms with van der Waals surface area (Å²) in [7, 11) is 0. The highest BCUT2D eigenvalue weighted by atomic mass is 14.9. The van der Waals surface area contributed by atoms with Crippen LogP contribution < -0.4 is 5.32 Å². The van der Waals surface area contributed by atoms with Crippen LogP contribution in [0.5, 0.6) is 0 Å². The van der Waals surface area contributed by atoms with Crippen molar-refractivity contribution in [2.24, 2.45) is 0 Å². The number of nitrogens with one attached hydrogen (secondary N) is 2. The zero-order valence-electron chi connectivity index (χ0n) is 8.46. The van der Waals surface area contributed by atoms with E-state index in [1.807, 2.05) is 6.07 Å². The summed E-state index contributed by atoms with van der Waals surface area (Å²) < 4.78 is 0. The van der Waals surface area contributed by atoms with Gasteiger partial charge < -0.3 is 10.3 Å². The molecule has 2 N–H and O–H groups in total. The molecule has 0 saturated carbocycles. The van der Waals surface area contributed by atoms with Gasteiger partial charge >= 0.3 is 0 Å². The Balaban J connectivity index is 2.07. The van der Waals surface area contributed by atoms with Crippen molar-refractivity contribution >= 4 is 10.9 Å². The van der Waals surface area contributed by atoms with Gasteiger partial charge in [-0.25, -0.2) is 0 Å². The van der Waals surface area contributed by atoms with Crippen LogP contribution in [0.25, 0.3) is 10.9 Å². The van der Waals surface area contributed by atoms with Crippen LogP contribution in [-0.4, -0.2) is 11.5 Å². The largest absolute Gasteiger partial charge is 0.353 e. The summed E-state index contributed by atoms with van der Waals surface area (Å²) in [5.41, 5.74) is 2.43. The smallest absolute Gasteiger partial charge is 0.0682 e. The van der Waals surface area contributed by atoms with Crippen molar-refractivity contribution in [2.45, 2.75) is 12.5 Å². The number of benzene rings is 1. The van der Waals surface area contributed by atoms with E-state index in [9.17, 15) is 0 Å². The molecule has 3 rings (SSSR count). The average Bonchev–Trinajstić information content (AvgIpc) is 2.74. The van der Waals surface area contributed by atoms with Gasteiger partial charge in [0.15, 0.2) is 0 Å². The molecule has 15 heavy (non-hydrogen) atoms. The van der Waals surface area contributed by atoms with E-state index in [1.165, 1.54) is 16.5 Å². The summed E-state index contributed by atoms with van der Waals surface area (Å²) in [5.74, 6) is 0. The number of hydrogen-bond acceptors (Lipinski definition) is 1. The van der Waals surface area contributed by atoms with Crippen molar-refractivity contribution < 1.29 is 0 Å². The topological polar surface area (TPSA) is 27.8 Å².